The fourth-order valence-corrected chi connectivity index (χ4v) is 1.87. The molecule has 78 valence electrons. The largest absolute Gasteiger partial charge is 0.383 e. The lowest BCUT2D eigenvalue weighted by Crippen LogP contribution is -2.56. The molecule has 1 atom stereocenters. The molecule has 0 amide bonds. The van der Waals surface area contributed by atoms with Gasteiger partial charge in [0, 0.05) is 19.2 Å². The van der Waals surface area contributed by atoms with Crippen molar-refractivity contribution in [2.75, 3.05) is 33.5 Å². The maximum Gasteiger partial charge on any atom is 0.0645 e. The molecular weight excluding hydrogens is 166 g/mol. The van der Waals surface area contributed by atoms with Crippen molar-refractivity contribution in [3.05, 3.63) is 0 Å². The van der Waals surface area contributed by atoms with Gasteiger partial charge in [0.2, 0.25) is 0 Å². The van der Waals surface area contributed by atoms with Crippen molar-refractivity contribution < 1.29 is 9.47 Å². The number of ether oxygens (including phenoxy) is 2. The molecule has 0 radical (unpaired) electrons. The van der Waals surface area contributed by atoms with Gasteiger partial charge in [-0.05, 0) is 20.8 Å². The van der Waals surface area contributed by atoms with E-state index in [0.717, 1.165) is 26.4 Å². The quantitative estimate of drug-likeness (QED) is 0.647. The van der Waals surface area contributed by atoms with Gasteiger partial charge in [0.05, 0.1) is 25.9 Å². The van der Waals surface area contributed by atoms with Crippen molar-refractivity contribution in [3.8, 4) is 0 Å². The molecule has 0 aliphatic carbocycles. The summed E-state index contributed by atoms with van der Waals surface area (Å²) in [5, 5.41) is 0. The minimum Gasteiger partial charge on any atom is -0.383 e. The minimum absolute atomic E-state index is 0.215. The topological polar surface area (TPSA) is 21.7 Å². The van der Waals surface area contributed by atoms with E-state index in [2.05, 4.69) is 25.7 Å². The van der Waals surface area contributed by atoms with Gasteiger partial charge in [0.25, 0.3) is 0 Å². The summed E-state index contributed by atoms with van der Waals surface area (Å²) in [7, 11) is 1.75. The molecule has 0 aromatic rings. The normalized spacial score (nSPS) is 26.3. The van der Waals surface area contributed by atoms with Gasteiger partial charge in [-0.2, -0.15) is 0 Å². The van der Waals surface area contributed by atoms with Crippen molar-refractivity contribution in [2.24, 2.45) is 0 Å². The Morgan fingerprint density at radius 1 is 1.46 bits per heavy atom. The van der Waals surface area contributed by atoms with Crippen LogP contribution < -0.4 is 0 Å². The van der Waals surface area contributed by atoms with Gasteiger partial charge in [-0.3, -0.25) is 4.90 Å². The van der Waals surface area contributed by atoms with Gasteiger partial charge in [0.15, 0.2) is 0 Å². The van der Waals surface area contributed by atoms with Crippen LogP contribution in [-0.2, 0) is 9.47 Å². The molecule has 1 rings (SSSR count). The van der Waals surface area contributed by atoms with E-state index in [1.807, 2.05) is 0 Å². The molecule has 13 heavy (non-hydrogen) atoms. The molecule has 0 spiro atoms. The van der Waals surface area contributed by atoms with Crippen LogP contribution in [0.3, 0.4) is 0 Å². The Bertz CT molecular complexity index is 151. The summed E-state index contributed by atoms with van der Waals surface area (Å²) in [4.78, 5) is 2.46. The van der Waals surface area contributed by atoms with Crippen molar-refractivity contribution in [1.29, 1.82) is 0 Å². The maximum absolute atomic E-state index is 5.44. The molecule has 3 nitrogen and oxygen atoms in total. The molecule has 0 saturated carbocycles. The lowest BCUT2D eigenvalue weighted by Gasteiger charge is -2.44. The summed E-state index contributed by atoms with van der Waals surface area (Å²) < 4.78 is 10.6. The Morgan fingerprint density at radius 2 is 2.15 bits per heavy atom. The van der Waals surface area contributed by atoms with E-state index in [1.54, 1.807) is 7.11 Å². The zero-order chi connectivity index (χ0) is 9.90. The van der Waals surface area contributed by atoms with Crippen LogP contribution in [0.4, 0.5) is 0 Å². The molecular formula is C10H21NO2. The first-order chi connectivity index (χ1) is 6.05. The minimum atomic E-state index is 0.215. The average Bonchev–Trinajstić information content (AvgIpc) is 2.04. The highest BCUT2D eigenvalue weighted by Gasteiger charge is 2.31. The summed E-state index contributed by atoms with van der Waals surface area (Å²) in [6.45, 7) is 10.1. The predicted octanol–water partition coefficient (Wildman–Crippen LogP) is 1.13. The molecule has 1 unspecified atom stereocenters. The second-order valence-corrected chi connectivity index (χ2v) is 4.55. The summed E-state index contributed by atoms with van der Waals surface area (Å²) in [5.41, 5.74) is 0.215. The van der Waals surface area contributed by atoms with Gasteiger partial charge in [-0.15, -0.1) is 0 Å². The zero-order valence-electron chi connectivity index (χ0n) is 9.17. The SMILES string of the molecule is COCC1COCCN1C(C)(C)C. The standard InChI is InChI=1S/C10H21NO2/c1-10(2,3)11-5-6-13-8-9(11)7-12-4/h9H,5-8H2,1-4H3. The third-order valence-electron chi connectivity index (χ3n) is 2.45. The molecule has 0 bridgehead atoms. The van der Waals surface area contributed by atoms with Crippen molar-refractivity contribution in [1.82, 2.24) is 4.90 Å². The predicted molar refractivity (Wildman–Crippen MR) is 52.9 cm³/mol. The monoisotopic (exact) mass is 187 g/mol. The van der Waals surface area contributed by atoms with Crippen LogP contribution in [-0.4, -0.2) is 50.0 Å². The molecule has 1 saturated heterocycles. The zero-order valence-corrected chi connectivity index (χ0v) is 9.17. The molecule has 3 heteroatoms. The van der Waals surface area contributed by atoms with Crippen molar-refractivity contribution in [2.45, 2.75) is 32.4 Å². The first kappa shape index (κ1) is 11.0. The van der Waals surface area contributed by atoms with Crippen LogP contribution in [0.5, 0.6) is 0 Å². The van der Waals surface area contributed by atoms with Gasteiger partial charge in [-0.25, -0.2) is 0 Å². The maximum atomic E-state index is 5.44. The van der Waals surface area contributed by atoms with Gasteiger partial charge in [-0.1, -0.05) is 0 Å². The second-order valence-electron chi connectivity index (χ2n) is 4.55. The van der Waals surface area contributed by atoms with E-state index < -0.39 is 0 Å². The third-order valence-corrected chi connectivity index (χ3v) is 2.45. The Hall–Kier alpha value is -0.120. The van der Waals surface area contributed by atoms with Crippen LogP contribution in [0.25, 0.3) is 0 Å². The van der Waals surface area contributed by atoms with E-state index >= 15 is 0 Å². The first-order valence-corrected chi connectivity index (χ1v) is 4.89. The molecule has 1 fully saturated rings. The third kappa shape index (κ3) is 2.93. The van der Waals surface area contributed by atoms with E-state index in [4.69, 9.17) is 9.47 Å². The summed E-state index contributed by atoms with van der Waals surface area (Å²) in [5.74, 6) is 0. The Morgan fingerprint density at radius 3 is 2.69 bits per heavy atom. The fraction of sp³-hybridized carbons (Fsp3) is 1.00. The van der Waals surface area contributed by atoms with Gasteiger partial charge in [0.1, 0.15) is 0 Å². The van der Waals surface area contributed by atoms with Gasteiger partial charge >= 0.3 is 0 Å². The van der Waals surface area contributed by atoms with E-state index in [0.29, 0.717) is 6.04 Å². The number of rotatable bonds is 2. The highest BCUT2D eigenvalue weighted by molar-refractivity contribution is 4.85. The Labute approximate surface area is 81.0 Å². The van der Waals surface area contributed by atoms with Crippen LogP contribution in [0.15, 0.2) is 0 Å². The molecule has 1 heterocycles. The number of nitrogens with zero attached hydrogens (tertiary/aromatic N) is 1. The molecule has 0 aromatic carbocycles. The van der Waals surface area contributed by atoms with Crippen molar-refractivity contribution in [3.63, 3.8) is 0 Å². The van der Waals surface area contributed by atoms with Crippen LogP contribution in [0.1, 0.15) is 20.8 Å². The van der Waals surface area contributed by atoms with E-state index in [1.165, 1.54) is 0 Å². The number of methoxy groups -OCH3 is 1. The van der Waals surface area contributed by atoms with Crippen molar-refractivity contribution >= 4 is 0 Å². The molecule has 0 N–H and O–H groups in total. The van der Waals surface area contributed by atoms with Crippen LogP contribution in [0, 0.1) is 0 Å². The molecule has 0 aromatic heterocycles. The molecule has 1 aliphatic heterocycles. The average molecular weight is 187 g/mol. The van der Waals surface area contributed by atoms with Gasteiger partial charge < -0.3 is 9.47 Å². The Kier molecular flexibility index (Phi) is 3.71. The second kappa shape index (κ2) is 4.40. The van der Waals surface area contributed by atoms with E-state index in [9.17, 15) is 0 Å². The highest BCUT2D eigenvalue weighted by Crippen LogP contribution is 2.19. The molecule has 1 aliphatic rings. The lowest BCUT2D eigenvalue weighted by molar-refractivity contribution is -0.0713. The number of hydrogen-bond donors (Lipinski definition) is 0. The number of hydrogen-bond acceptors (Lipinski definition) is 3. The Balaban J connectivity index is 2.56. The van der Waals surface area contributed by atoms with Crippen LogP contribution in [0.2, 0.25) is 0 Å². The fourth-order valence-electron chi connectivity index (χ4n) is 1.87. The summed E-state index contributed by atoms with van der Waals surface area (Å²) >= 11 is 0. The smallest absolute Gasteiger partial charge is 0.0645 e. The first-order valence-electron chi connectivity index (χ1n) is 4.89. The number of morpholine rings is 1. The highest BCUT2D eigenvalue weighted by atomic mass is 16.5. The lowest BCUT2D eigenvalue weighted by atomic mass is 10.0. The van der Waals surface area contributed by atoms with Crippen LogP contribution >= 0.6 is 0 Å². The summed E-state index contributed by atoms with van der Waals surface area (Å²) in [6, 6.07) is 0.416. The van der Waals surface area contributed by atoms with E-state index in [-0.39, 0.29) is 5.54 Å². The summed E-state index contributed by atoms with van der Waals surface area (Å²) in [6.07, 6.45) is 0.